The average Bonchev–Trinajstić information content (AvgIpc) is 3.05. The van der Waals surface area contributed by atoms with Crippen LogP contribution in [0.2, 0.25) is 0 Å². The molecule has 0 saturated heterocycles. The minimum Gasteiger partial charge on any atom is -0.441 e. The number of nitrogens with zero attached hydrogens (tertiary/aromatic N) is 2. The number of fused-ring (bicyclic) bond motifs is 1. The van der Waals surface area contributed by atoms with Crippen molar-refractivity contribution in [3.05, 3.63) is 24.1 Å². The predicted octanol–water partition coefficient (Wildman–Crippen LogP) is 1.97. The minimum atomic E-state index is -3.61. The van der Waals surface area contributed by atoms with Gasteiger partial charge in [-0.25, -0.2) is 13.4 Å². The Labute approximate surface area is 104 Å². The standard InChI is InChI=1S/C12H10N2O3S/c1-8-14-10-3-2-9(6-11(10)17-8)18(15,16)12(7-13)4-5-12/h2-3,6H,4-5H2,1H3. The van der Waals surface area contributed by atoms with E-state index in [0.29, 0.717) is 29.8 Å². The molecule has 5 nitrogen and oxygen atoms in total. The number of sulfone groups is 1. The van der Waals surface area contributed by atoms with Gasteiger partial charge in [-0.05, 0) is 25.0 Å². The van der Waals surface area contributed by atoms with Crippen LogP contribution in [-0.4, -0.2) is 18.1 Å². The first-order valence-electron chi connectivity index (χ1n) is 5.52. The van der Waals surface area contributed by atoms with E-state index < -0.39 is 14.6 Å². The molecule has 1 heterocycles. The van der Waals surface area contributed by atoms with Crippen molar-refractivity contribution in [3.8, 4) is 6.07 Å². The maximum absolute atomic E-state index is 12.3. The summed E-state index contributed by atoms with van der Waals surface area (Å²) in [5.41, 5.74) is 1.05. The van der Waals surface area contributed by atoms with Gasteiger partial charge in [0.1, 0.15) is 5.52 Å². The summed E-state index contributed by atoms with van der Waals surface area (Å²) < 4.78 is 28.7. The molecule has 0 atom stereocenters. The van der Waals surface area contributed by atoms with Crippen LogP contribution >= 0.6 is 0 Å². The number of hydrogen-bond donors (Lipinski definition) is 0. The Morgan fingerprint density at radius 2 is 2.17 bits per heavy atom. The monoisotopic (exact) mass is 262 g/mol. The molecule has 0 bridgehead atoms. The molecule has 0 unspecified atom stereocenters. The Balaban J connectivity index is 2.18. The number of benzene rings is 1. The molecule has 18 heavy (non-hydrogen) atoms. The zero-order chi connectivity index (χ0) is 13.0. The lowest BCUT2D eigenvalue weighted by Gasteiger charge is -2.07. The molecule has 1 aliphatic carbocycles. The summed E-state index contributed by atoms with van der Waals surface area (Å²) in [6, 6.07) is 6.44. The highest BCUT2D eigenvalue weighted by Crippen LogP contribution is 2.46. The minimum absolute atomic E-state index is 0.130. The first-order valence-corrected chi connectivity index (χ1v) is 7.00. The SMILES string of the molecule is Cc1nc2ccc(S(=O)(=O)C3(C#N)CC3)cc2o1. The molecule has 1 saturated carbocycles. The number of hydrogen-bond acceptors (Lipinski definition) is 5. The van der Waals surface area contributed by atoms with Crippen LogP contribution in [0.25, 0.3) is 11.1 Å². The van der Waals surface area contributed by atoms with E-state index in [1.54, 1.807) is 13.0 Å². The Hall–Kier alpha value is -1.87. The van der Waals surface area contributed by atoms with Gasteiger partial charge in [0.2, 0.25) is 0 Å². The summed E-state index contributed by atoms with van der Waals surface area (Å²) >= 11 is 0. The first kappa shape index (κ1) is 11.2. The van der Waals surface area contributed by atoms with Crippen molar-refractivity contribution in [1.82, 2.24) is 4.98 Å². The lowest BCUT2D eigenvalue weighted by atomic mass is 10.3. The van der Waals surface area contributed by atoms with E-state index in [0.717, 1.165) is 0 Å². The highest BCUT2D eigenvalue weighted by atomic mass is 32.2. The molecule has 6 heteroatoms. The van der Waals surface area contributed by atoms with Gasteiger partial charge in [-0.15, -0.1) is 0 Å². The Bertz CT molecular complexity index is 779. The van der Waals surface area contributed by atoms with E-state index in [1.165, 1.54) is 12.1 Å². The summed E-state index contributed by atoms with van der Waals surface area (Å²) in [5.74, 6) is 0.487. The van der Waals surface area contributed by atoms with Gasteiger partial charge >= 0.3 is 0 Å². The molecule has 0 N–H and O–H groups in total. The molecule has 1 fully saturated rings. The lowest BCUT2D eigenvalue weighted by molar-refractivity contribution is 0.559. The summed E-state index contributed by atoms with van der Waals surface area (Å²) in [5, 5.41) is 9.01. The van der Waals surface area contributed by atoms with Crippen LogP contribution in [0.15, 0.2) is 27.5 Å². The van der Waals surface area contributed by atoms with Crippen molar-refractivity contribution in [3.63, 3.8) is 0 Å². The second kappa shape index (κ2) is 3.33. The molecule has 1 aromatic heterocycles. The number of aromatic nitrogens is 1. The summed E-state index contributed by atoms with van der Waals surface area (Å²) in [6.07, 6.45) is 0.804. The third-order valence-corrected chi connectivity index (χ3v) is 5.60. The zero-order valence-electron chi connectivity index (χ0n) is 9.67. The van der Waals surface area contributed by atoms with Gasteiger partial charge in [0.05, 0.1) is 11.0 Å². The summed E-state index contributed by atoms with van der Waals surface area (Å²) in [4.78, 5) is 4.24. The van der Waals surface area contributed by atoms with Gasteiger partial charge < -0.3 is 4.42 Å². The lowest BCUT2D eigenvalue weighted by Crippen LogP contribution is -2.21. The van der Waals surface area contributed by atoms with Gasteiger partial charge in [0.15, 0.2) is 26.1 Å². The number of aryl methyl sites for hydroxylation is 1. The van der Waals surface area contributed by atoms with Crippen molar-refractivity contribution >= 4 is 20.9 Å². The topological polar surface area (TPSA) is 84.0 Å². The largest absolute Gasteiger partial charge is 0.441 e. The van der Waals surface area contributed by atoms with Crippen LogP contribution in [-0.2, 0) is 9.84 Å². The smallest absolute Gasteiger partial charge is 0.197 e. The molecule has 0 radical (unpaired) electrons. The van der Waals surface area contributed by atoms with E-state index in [9.17, 15) is 8.42 Å². The van der Waals surface area contributed by atoms with E-state index >= 15 is 0 Å². The van der Waals surface area contributed by atoms with E-state index in [1.807, 2.05) is 6.07 Å². The van der Waals surface area contributed by atoms with Crippen LogP contribution in [0.1, 0.15) is 18.7 Å². The predicted molar refractivity (Wildman–Crippen MR) is 63.5 cm³/mol. The molecule has 1 aromatic carbocycles. The third-order valence-electron chi connectivity index (χ3n) is 3.20. The molecular formula is C12H10N2O3S. The van der Waals surface area contributed by atoms with Gasteiger partial charge in [0, 0.05) is 13.0 Å². The van der Waals surface area contributed by atoms with Gasteiger partial charge in [-0.2, -0.15) is 5.26 Å². The first-order chi connectivity index (χ1) is 8.48. The normalized spacial score (nSPS) is 17.6. The molecule has 0 spiro atoms. The molecule has 92 valence electrons. The van der Waals surface area contributed by atoms with Crippen molar-refractivity contribution in [2.24, 2.45) is 0 Å². The molecule has 0 aliphatic heterocycles. The van der Waals surface area contributed by atoms with Crippen molar-refractivity contribution in [2.75, 3.05) is 0 Å². The Morgan fingerprint density at radius 3 is 2.78 bits per heavy atom. The molecule has 3 rings (SSSR count). The van der Waals surface area contributed by atoms with Crippen LogP contribution in [0.4, 0.5) is 0 Å². The van der Waals surface area contributed by atoms with E-state index in [4.69, 9.17) is 9.68 Å². The third kappa shape index (κ3) is 1.37. The molecule has 0 amide bonds. The van der Waals surface area contributed by atoms with Gasteiger partial charge in [0.25, 0.3) is 0 Å². The average molecular weight is 262 g/mol. The Morgan fingerprint density at radius 1 is 1.44 bits per heavy atom. The number of oxazole rings is 1. The van der Waals surface area contributed by atoms with Crippen LogP contribution < -0.4 is 0 Å². The quantitative estimate of drug-likeness (QED) is 0.826. The highest BCUT2D eigenvalue weighted by molar-refractivity contribution is 7.93. The van der Waals surface area contributed by atoms with Gasteiger partial charge in [-0.3, -0.25) is 0 Å². The van der Waals surface area contributed by atoms with E-state index in [-0.39, 0.29) is 4.90 Å². The summed E-state index contributed by atoms with van der Waals surface area (Å²) in [6.45, 7) is 1.70. The highest BCUT2D eigenvalue weighted by Gasteiger charge is 2.56. The van der Waals surface area contributed by atoms with Crippen LogP contribution in [0.5, 0.6) is 0 Å². The van der Waals surface area contributed by atoms with E-state index in [2.05, 4.69) is 4.98 Å². The summed E-state index contributed by atoms with van der Waals surface area (Å²) in [7, 11) is -3.61. The number of rotatable bonds is 2. The second-order valence-corrected chi connectivity index (χ2v) is 6.73. The maximum atomic E-state index is 12.3. The van der Waals surface area contributed by atoms with Crippen LogP contribution in [0.3, 0.4) is 0 Å². The fourth-order valence-electron chi connectivity index (χ4n) is 1.97. The van der Waals surface area contributed by atoms with Crippen molar-refractivity contribution in [2.45, 2.75) is 29.4 Å². The van der Waals surface area contributed by atoms with Crippen molar-refractivity contribution < 1.29 is 12.8 Å². The fourth-order valence-corrected chi connectivity index (χ4v) is 3.69. The number of nitriles is 1. The van der Waals surface area contributed by atoms with Crippen molar-refractivity contribution in [1.29, 1.82) is 5.26 Å². The second-order valence-electron chi connectivity index (χ2n) is 4.47. The molecule has 1 aliphatic rings. The Kier molecular flexibility index (Phi) is 2.08. The zero-order valence-corrected chi connectivity index (χ0v) is 10.5. The van der Waals surface area contributed by atoms with Crippen LogP contribution in [0, 0.1) is 18.3 Å². The van der Waals surface area contributed by atoms with Gasteiger partial charge in [-0.1, -0.05) is 0 Å². The maximum Gasteiger partial charge on any atom is 0.197 e. The molecular weight excluding hydrogens is 252 g/mol. The molecule has 2 aromatic rings. The fraction of sp³-hybridized carbons (Fsp3) is 0.333.